The molecule has 1 fully saturated rings. The van der Waals surface area contributed by atoms with Crippen LogP contribution in [-0.2, 0) is 11.3 Å². The molecule has 2 N–H and O–H groups in total. The molecule has 0 aromatic heterocycles. The van der Waals surface area contributed by atoms with Crippen LogP contribution in [0, 0.1) is 12.8 Å². The Labute approximate surface area is 194 Å². The zero-order chi connectivity index (χ0) is 22.4. The monoisotopic (exact) mass is 461 g/mol. The van der Waals surface area contributed by atoms with Crippen molar-refractivity contribution in [1.82, 2.24) is 15.5 Å². The van der Waals surface area contributed by atoms with Gasteiger partial charge in [-0.2, -0.15) is 0 Å². The van der Waals surface area contributed by atoms with Gasteiger partial charge in [0.05, 0.1) is 10.0 Å². The zero-order valence-corrected chi connectivity index (χ0v) is 19.5. The van der Waals surface area contributed by atoms with Gasteiger partial charge in [-0.15, -0.1) is 0 Å². The van der Waals surface area contributed by atoms with Gasteiger partial charge in [0.1, 0.15) is 6.04 Å². The van der Waals surface area contributed by atoms with Crippen LogP contribution in [0.1, 0.15) is 41.3 Å². The molecule has 7 heteroatoms. The quantitative estimate of drug-likeness (QED) is 0.639. The summed E-state index contributed by atoms with van der Waals surface area (Å²) >= 11 is 12.1. The first-order chi connectivity index (χ1) is 14.8. The molecule has 1 saturated heterocycles. The summed E-state index contributed by atoms with van der Waals surface area (Å²) in [5.41, 5.74) is 2.80. The van der Waals surface area contributed by atoms with Gasteiger partial charge in [0.25, 0.3) is 5.91 Å². The number of carbonyl (C=O) groups excluding carboxylic acids is 2. The smallest absolute Gasteiger partial charge is 0.251 e. The Morgan fingerprint density at radius 3 is 2.39 bits per heavy atom. The predicted octanol–water partition coefficient (Wildman–Crippen LogP) is 4.45. The van der Waals surface area contributed by atoms with Crippen molar-refractivity contribution in [3.05, 3.63) is 69.2 Å². The van der Waals surface area contributed by atoms with Crippen LogP contribution in [0.2, 0.25) is 10.0 Å². The number of halogens is 2. The fourth-order valence-corrected chi connectivity index (χ4v) is 4.01. The fraction of sp³-hybridized carbons (Fsp3) is 0.417. The lowest BCUT2D eigenvalue weighted by Gasteiger charge is -2.32. The number of likely N-dealkylation sites (tertiary alicyclic amines) is 1. The van der Waals surface area contributed by atoms with E-state index < -0.39 is 6.04 Å². The number of piperidine rings is 1. The Bertz CT molecular complexity index is 910. The van der Waals surface area contributed by atoms with Gasteiger partial charge in [0.15, 0.2) is 0 Å². The lowest BCUT2D eigenvalue weighted by atomic mass is 9.96. The average molecular weight is 462 g/mol. The third kappa shape index (κ3) is 6.96. The van der Waals surface area contributed by atoms with Gasteiger partial charge < -0.3 is 10.6 Å². The molecule has 1 aliphatic heterocycles. The number of hydrogen-bond acceptors (Lipinski definition) is 3. The molecular weight excluding hydrogens is 433 g/mol. The number of benzene rings is 2. The normalized spacial score (nSPS) is 16.0. The largest absolute Gasteiger partial charge is 0.354 e. The number of nitrogens with one attached hydrogen (secondary N) is 2. The number of nitrogens with zero attached hydrogens (tertiary/aromatic N) is 1. The van der Waals surface area contributed by atoms with Gasteiger partial charge in [-0.3, -0.25) is 14.5 Å². The van der Waals surface area contributed by atoms with Gasteiger partial charge in [-0.1, -0.05) is 47.0 Å². The highest BCUT2D eigenvalue weighted by Gasteiger charge is 2.22. The van der Waals surface area contributed by atoms with Crippen molar-refractivity contribution >= 4 is 35.0 Å². The van der Waals surface area contributed by atoms with Crippen LogP contribution in [0.15, 0.2) is 42.5 Å². The molecule has 5 nitrogen and oxygen atoms in total. The Morgan fingerprint density at radius 1 is 1.06 bits per heavy atom. The lowest BCUT2D eigenvalue weighted by molar-refractivity contribution is -0.122. The van der Waals surface area contributed by atoms with Crippen LogP contribution in [0.25, 0.3) is 0 Å². The molecule has 2 aromatic carbocycles. The SMILES string of the molecule is Cc1ccc(C(=O)N[C@@H](C)C(=O)NCC2CCN(Cc3ccc(Cl)c(Cl)c3)CC2)cc1. The summed E-state index contributed by atoms with van der Waals surface area (Å²) in [7, 11) is 0. The van der Waals surface area contributed by atoms with Crippen LogP contribution in [0.3, 0.4) is 0 Å². The summed E-state index contributed by atoms with van der Waals surface area (Å²) in [4.78, 5) is 27.1. The molecule has 3 rings (SSSR count). The van der Waals surface area contributed by atoms with E-state index in [0.29, 0.717) is 28.1 Å². The molecule has 0 radical (unpaired) electrons. The van der Waals surface area contributed by atoms with E-state index in [1.807, 2.05) is 37.3 Å². The van der Waals surface area contributed by atoms with Crippen molar-refractivity contribution in [3.8, 4) is 0 Å². The first-order valence-corrected chi connectivity index (χ1v) is 11.4. The van der Waals surface area contributed by atoms with Crippen LogP contribution >= 0.6 is 23.2 Å². The molecule has 166 valence electrons. The summed E-state index contributed by atoms with van der Waals surface area (Å²) in [5.74, 6) is 0.0472. The number of rotatable bonds is 7. The van der Waals surface area contributed by atoms with Crippen molar-refractivity contribution < 1.29 is 9.59 Å². The second-order valence-electron chi connectivity index (χ2n) is 8.27. The molecular formula is C24H29Cl2N3O2. The third-order valence-corrected chi connectivity index (χ3v) is 6.46. The summed E-state index contributed by atoms with van der Waals surface area (Å²) in [6.07, 6.45) is 2.04. The highest BCUT2D eigenvalue weighted by molar-refractivity contribution is 6.42. The molecule has 0 saturated carbocycles. The maximum absolute atomic E-state index is 12.4. The van der Waals surface area contributed by atoms with Crippen molar-refractivity contribution in [2.75, 3.05) is 19.6 Å². The molecule has 0 bridgehead atoms. The summed E-state index contributed by atoms with van der Waals surface area (Å²) < 4.78 is 0. The maximum Gasteiger partial charge on any atom is 0.251 e. The Morgan fingerprint density at radius 2 is 1.74 bits per heavy atom. The van der Waals surface area contributed by atoms with Gasteiger partial charge >= 0.3 is 0 Å². The molecule has 1 aliphatic rings. The average Bonchev–Trinajstić information content (AvgIpc) is 2.76. The Kier molecular flexibility index (Phi) is 8.35. The predicted molar refractivity (Wildman–Crippen MR) is 126 cm³/mol. The van der Waals surface area contributed by atoms with Gasteiger partial charge in [0, 0.05) is 18.7 Å². The second kappa shape index (κ2) is 11.0. The first-order valence-electron chi connectivity index (χ1n) is 10.6. The third-order valence-electron chi connectivity index (χ3n) is 5.72. The molecule has 31 heavy (non-hydrogen) atoms. The minimum absolute atomic E-state index is 0.154. The van der Waals surface area contributed by atoms with Gasteiger partial charge in [-0.25, -0.2) is 0 Å². The first kappa shape index (κ1) is 23.6. The van der Waals surface area contributed by atoms with E-state index in [0.717, 1.165) is 43.6 Å². The van der Waals surface area contributed by atoms with Crippen LogP contribution in [0.5, 0.6) is 0 Å². The topological polar surface area (TPSA) is 61.4 Å². The number of aryl methyl sites for hydroxylation is 1. The molecule has 0 aliphatic carbocycles. The summed E-state index contributed by atoms with van der Waals surface area (Å²) in [5, 5.41) is 6.92. The van der Waals surface area contributed by atoms with Crippen LogP contribution in [-0.4, -0.2) is 42.4 Å². The van der Waals surface area contributed by atoms with E-state index in [1.54, 1.807) is 19.1 Å². The van der Waals surface area contributed by atoms with Crippen molar-refractivity contribution in [1.29, 1.82) is 0 Å². The van der Waals surface area contributed by atoms with E-state index in [9.17, 15) is 9.59 Å². The lowest BCUT2D eigenvalue weighted by Crippen LogP contribution is -2.47. The van der Waals surface area contributed by atoms with Gasteiger partial charge in [0.2, 0.25) is 5.91 Å². The minimum atomic E-state index is -0.580. The highest BCUT2D eigenvalue weighted by Crippen LogP contribution is 2.24. The molecule has 1 atom stereocenters. The number of amides is 2. The summed E-state index contributed by atoms with van der Waals surface area (Å²) in [6.45, 7) is 7.10. The fourth-order valence-electron chi connectivity index (χ4n) is 3.69. The van der Waals surface area contributed by atoms with Crippen molar-refractivity contribution in [3.63, 3.8) is 0 Å². The highest BCUT2D eigenvalue weighted by atomic mass is 35.5. The summed E-state index contributed by atoms with van der Waals surface area (Å²) in [6, 6.07) is 12.5. The van der Waals surface area contributed by atoms with Gasteiger partial charge in [-0.05, 0) is 75.5 Å². The van der Waals surface area contributed by atoms with E-state index in [-0.39, 0.29) is 11.8 Å². The molecule has 2 amide bonds. The zero-order valence-electron chi connectivity index (χ0n) is 18.0. The molecule has 0 unspecified atom stereocenters. The minimum Gasteiger partial charge on any atom is -0.354 e. The van der Waals surface area contributed by atoms with Crippen molar-refractivity contribution in [2.45, 2.75) is 39.3 Å². The van der Waals surface area contributed by atoms with Crippen molar-refractivity contribution in [2.24, 2.45) is 5.92 Å². The van der Waals surface area contributed by atoms with Crippen LogP contribution in [0.4, 0.5) is 0 Å². The van der Waals surface area contributed by atoms with E-state index in [1.165, 1.54) is 0 Å². The second-order valence-corrected chi connectivity index (χ2v) is 9.09. The maximum atomic E-state index is 12.4. The number of carbonyl (C=O) groups is 2. The molecule has 0 spiro atoms. The van der Waals surface area contributed by atoms with E-state index in [2.05, 4.69) is 15.5 Å². The Hall–Kier alpha value is -2.08. The molecule has 1 heterocycles. The van der Waals surface area contributed by atoms with E-state index >= 15 is 0 Å². The number of hydrogen-bond donors (Lipinski definition) is 2. The van der Waals surface area contributed by atoms with E-state index in [4.69, 9.17) is 23.2 Å². The standard InChI is InChI=1S/C24H29Cl2N3O2/c1-16-3-6-20(7-4-16)24(31)28-17(2)23(30)27-14-18-9-11-29(12-10-18)15-19-5-8-21(25)22(26)13-19/h3-8,13,17-18H,9-12,14-15H2,1-2H3,(H,27,30)(H,28,31)/t17-/m0/s1. The molecule has 2 aromatic rings. The van der Waals surface area contributed by atoms with Crippen LogP contribution < -0.4 is 10.6 Å². The Balaban J connectivity index is 1.38.